The van der Waals surface area contributed by atoms with Gasteiger partial charge in [0.25, 0.3) is 0 Å². The molecule has 2 heteroatoms. The van der Waals surface area contributed by atoms with Crippen molar-refractivity contribution in [3.63, 3.8) is 0 Å². The molecule has 17 heavy (non-hydrogen) atoms. The van der Waals surface area contributed by atoms with E-state index in [4.69, 9.17) is 0 Å². The van der Waals surface area contributed by atoms with E-state index in [1.807, 2.05) is 0 Å². The summed E-state index contributed by atoms with van der Waals surface area (Å²) in [5.74, 6) is 2.00. The van der Waals surface area contributed by atoms with Crippen LogP contribution in [0.2, 0.25) is 0 Å². The van der Waals surface area contributed by atoms with Crippen LogP contribution in [0.1, 0.15) is 59.8 Å². The first-order valence-corrected chi connectivity index (χ1v) is 7.37. The number of aliphatic hydroxyl groups excluding tert-OH is 2. The fourth-order valence-corrected chi connectivity index (χ4v) is 3.23. The molecule has 0 bridgehead atoms. The minimum Gasteiger partial charge on any atom is -0.390 e. The van der Waals surface area contributed by atoms with E-state index >= 15 is 0 Å². The van der Waals surface area contributed by atoms with Gasteiger partial charge in [0.1, 0.15) is 0 Å². The second-order valence-corrected chi connectivity index (χ2v) is 6.09. The van der Waals surface area contributed by atoms with E-state index in [1.54, 1.807) is 0 Å². The Morgan fingerprint density at radius 3 is 2.06 bits per heavy atom. The van der Waals surface area contributed by atoms with Crippen LogP contribution in [-0.2, 0) is 0 Å². The molecule has 0 saturated heterocycles. The maximum absolute atomic E-state index is 10.3. The van der Waals surface area contributed by atoms with Gasteiger partial charge in [0.05, 0.1) is 12.2 Å². The number of aliphatic hydroxyl groups is 2. The average Bonchev–Trinajstić information content (AvgIpc) is 2.33. The van der Waals surface area contributed by atoms with Gasteiger partial charge in [0, 0.05) is 0 Å². The van der Waals surface area contributed by atoms with Crippen LogP contribution in [0.15, 0.2) is 0 Å². The van der Waals surface area contributed by atoms with Crippen molar-refractivity contribution in [3.05, 3.63) is 0 Å². The van der Waals surface area contributed by atoms with Gasteiger partial charge in [-0.05, 0) is 36.5 Å². The second-order valence-electron chi connectivity index (χ2n) is 6.09. The van der Waals surface area contributed by atoms with E-state index in [-0.39, 0.29) is 5.92 Å². The van der Waals surface area contributed by atoms with Gasteiger partial charge in [0.2, 0.25) is 0 Å². The van der Waals surface area contributed by atoms with E-state index in [0.29, 0.717) is 11.8 Å². The smallest absolute Gasteiger partial charge is 0.0830 e. The quantitative estimate of drug-likeness (QED) is 0.777. The van der Waals surface area contributed by atoms with E-state index in [0.717, 1.165) is 31.6 Å². The lowest BCUT2D eigenvalue weighted by atomic mass is 9.72. The van der Waals surface area contributed by atoms with Crippen molar-refractivity contribution < 1.29 is 10.2 Å². The minimum atomic E-state index is -0.532. The molecule has 0 spiro atoms. The fourth-order valence-electron chi connectivity index (χ4n) is 3.23. The van der Waals surface area contributed by atoms with Gasteiger partial charge in [-0.3, -0.25) is 0 Å². The monoisotopic (exact) mass is 242 g/mol. The molecule has 0 aromatic rings. The molecular formula is C15H30O2. The highest BCUT2D eigenvalue weighted by molar-refractivity contribution is 4.85. The van der Waals surface area contributed by atoms with E-state index in [1.165, 1.54) is 6.42 Å². The lowest BCUT2D eigenvalue weighted by Crippen LogP contribution is -2.41. The lowest BCUT2D eigenvalue weighted by Gasteiger charge is -2.37. The van der Waals surface area contributed by atoms with E-state index in [2.05, 4.69) is 27.7 Å². The summed E-state index contributed by atoms with van der Waals surface area (Å²) in [6, 6.07) is 0. The van der Waals surface area contributed by atoms with Crippen molar-refractivity contribution in [2.75, 3.05) is 0 Å². The van der Waals surface area contributed by atoms with Gasteiger partial charge >= 0.3 is 0 Å². The third-order valence-electron chi connectivity index (χ3n) is 5.00. The molecular weight excluding hydrogens is 212 g/mol. The maximum Gasteiger partial charge on any atom is 0.0830 e. The Bertz CT molecular complexity index is 213. The highest BCUT2D eigenvalue weighted by atomic mass is 16.3. The molecule has 0 aromatic heterocycles. The normalized spacial score (nSPS) is 33.7. The predicted molar refractivity (Wildman–Crippen MR) is 71.8 cm³/mol. The van der Waals surface area contributed by atoms with Gasteiger partial charge in [-0.2, -0.15) is 0 Å². The van der Waals surface area contributed by atoms with Crippen LogP contribution < -0.4 is 0 Å². The van der Waals surface area contributed by atoms with Gasteiger partial charge in [-0.1, -0.05) is 47.0 Å². The lowest BCUT2D eigenvalue weighted by molar-refractivity contribution is -0.0646. The first-order chi connectivity index (χ1) is 8.01. The first kappa shape index (κ1) is 15.0. The van der Waals surface area contributed by atoms with Crippen LogP contribution >= 0.6 is 0 Å². The van der Waals surface area contributed by atoms with E-state index in [9.17, 15) is 10.2 Å². The first-order valence-electron chi connectivity index (χ1n) is 7.37. The van der Waals surface area contributed by atoms with Crippen molar-refractivity contribution in [1.82, 2.24) is 0 Å². The van der Waals surface area contributed by atoms with Crippen molar-refractivity contribution in [1.29, 1.82) is 0 Å². The molecule has 0 aromatic carbocycles. The van der Waals surface area contributed by atoms with Crippen LogP contribution in [0.5, 0.6) is 0 Å². The topological polar surface area (TPSA) is 40.5 Å². The van der Waals surface area contributed by atoms with Crippen LogP contribution in [-0.4, -0.2) is 22.4 Å². The molecule has 0 aliphatic heterocycles. The second kappa shape index (κ2) is 6.75. The molecule has 2 N–H and O–H groups in total. The SMILES string of the molecule is CCC(CC)C(O)C(O)C1CCC(C)C(C)C1. The molecule has 5 unspecified atom stereocenters. The zero-order valence-electron chi connectivity index (χ0n) is 11.9. The van der Waals surface area contributed by atoms with Gasteiger partial charge in [0.15, 0.2) is 0 Å². The van der Waals surface area contributed by atoms with Crippen molar-refractivity contribution in [2.24, 2.45) is 23.7 Å². The average molecular weight is 242 g/mol. The summed E-state index contributed by atoms with van der Waals surface area (Å²) in [6.45, 7) is 8.75. The Labute approximate surface area is 106 Å². The molecule has 0 radical (unpaired) electrons. The summed E-state index contributed by atoms with van der Waals surface area (Å²) in [6.07, 6.45) is 4.19. The number of hydrogen-bond donors (Lipinski definition) is 2. The van der Waals surface area contributed by atoms with E-state index < -0.39 is 12.2 Å². The summed E-state index contributed by atoms with van der Waals surface area (Å²) in [5, 5.41) is 20.6. The highest BCUT2D eigenvalue weighted by Crippen LogP contribution is 2.36. The van der Waals surface area contributed by atoms with Crippen molar-refractivity contribution >= 4 is 0 Å². The summed E-state index contributed by atoms with van der Waals surface area (Å²) in [7, 11) is 0. The largest absolute Gasteiger partial charge is 0.390 e. The molecule has 1 aliphatic rings. The van der Waals surface area contributed by atoms with Crippen LogP contribution in [0.3, 0.4) is 0 Å². The third kappa shape index (κ3) is 3.69. The van der Waals surface area contributed by atoms with Crippen LogP contribution in [0.25, 0.3) is 0 Å². The summed E-state index contributed by atoms with van der Waals surface area (Å²) in [5.41, 5.74) is 0. The Morgan fingerprint density at radius 1 is 1.00 bits per heavy atom. The zero-order chi connectivity index (χ0) is 13.0. The highest BCUT2D eigenvalue weighted by Gasteiger charge is 2.34. The molecule has 0 heterocycles. The molecule has 1 saturated carbocycles. The Balaban J connectivity index is 2.54. The number of rotatable bonds is 5. The Kier molecular flexibility index (Phi) is 5.94. The fraction of sp³-hybridized carbons (Fsp3) is 1.00. The number of hydrogen-bond acceptors (Lipinski definition) is 2. The van der Waals surface area contributed by atoms with Gasteiger partial charge in [-0.25, -0.2) is 0 Å². The molecule has 1 rings (SSSR count). The standard InChI is InChI=1S/C15H30O2/c1-5-12(6-2)14(16)15(17)13-8-7-10(3)11(4)9-13/h10-17H,5-9H2,1-4H3. The predicted octanol–water partition coefficient (Wildman–Crippen LogP) is 3.22. The molecule has 1 fully saturated rings. The molecule has 2 nitrogen and oxygen atoms in total. The zero-order valence-corrected chi connectivity index (χ0v) is 11.9. The van der Waals surface area contributed by atoms with Crippen molar-refractivity contribution in [2.45, 2.75) is 72.0 Å². The van der Waals surface area contributed by atoms with Crippen molar-refractivity contribution in [3.8, 4) is 0 Å². The van der Waals surface area contributed by atoms with Gasteiger partial charge < -0.3 is 10.2 Å². The molecule has 1 aliphatic carbocycles. The summed E-state index contributed by atoms with van der Waals surface area (Å²) >= 11 is 0. The Hall–Kier alpha value is -0.0800. The summed E-state index contributed by atoms with van der Waals surface area (Å²) in [4.78, 5) is 0. The maximum atomic E-state index is 10.3. The molecule has 5 atom stereocenters. The molecule has 102 valence electrons. The Morgan fingerprint density at radius 2 is 1.59 bits per heavy atom. The van der Waals surface area contributed by atoms with Crippen LogP contribution in [0.4, 0.5) is 0 Å². The summed E-state index contributed by atoms with van der Waals surface area (Å²) < 4.78 is 0. The van der Waals surface area contributed by atoms with Gasteiger partial charge in [-0.15, -0.1) is 0 Å². The van der Waals surface area contributed by atoms with Crippen LogP contribution in [0, 0.1) is 23.7 Å². The molecule has 0 amide bonds. The minimum absolute atomic E-state index is 0.250. The third-order valence-corrected chi connectivity index (χ3v) is 5.00.